The van der Waals surface area contributed by atoms with Crippen LogP contribution in [0.15, 0.2) is 29.2 Å². The Morgan fingerprint density at radius 2 is 1.95 bits per heavy atom. The summed E-state index contributed by atoms with van der Waals surface area (Å²) in [5.74, 6) is -0.506. The molecule has 1 fully saturated rings. The fourth-order valence-corrected chi connectivity index (χ4v) is 3.83. The van der Waals surface area contributed by atoms with Crippen LogP contribution in [0, 0.1) is 0 Å². The van der Waals surface area contributed by atoms with E-state index < -0.39 is 22.0 Å². The van der Waals surface area contributed by atoms with E-state index in [-0.39, 0.29) is 23.6 Å². The molecule has 7 nitrogen and oxygen atoms in total. The first-order chi connectivity index (χ1) is 10.4. The SMILES string of the molecule is CCOc1ccc(S(=O)(=O)N2CC(=O)C[C@@H]2C(=O)OC)cc1. The van der Waals surface area contributed by atoms with E-state index in [0.29, 0.717) is 12.4 Å². The molecule has 0 aliphatic carbocycles. The summed E-state index contributed by atoms with van der Waals surface area (Å²) in [6.45, 7) is 1.97. The van der Waals surface area contributed by atoms with E-state index in [1.807, 2.05) is 6.92 Å². The number of carbonyl (C=O) groups is 2. The van der Waals surface area contributed by atoms with Crippen LogP contribution >= 0.6 is 0 Å². The van der Waals surface area contributed by atoms with Crippen molar-refractivity contribution in [2.45, 2.75) is 24.3 Å². The van der Waals surface area contributed by atoms with Crippen LogP contribution in [0.3, 0.4) is 0 Å². The molecule has 0 unspecified atom stereocenters. The van der Waals surface area contributed by atoms with Crippen molar-refractivity contribution in [3.63, 3.8) is 0 Å². The molecule has 1 aliphatic heterocycles. The summed E-state index contributed by atoms with van der Waals surface area (Å²) < 4.78 is 35.9. The zero-order valence-corrected chi connectivity index (χ0v) is 13.1. The molecule has 1 saturated heterocycles. The molecule has 0 aromatic heterocycles. The lowest BCUT2D eigenvalue weighted by Crippen LogP contribution is -2.41. The minimum Gasteiger partial charge on any atom is -0.494 e. The molecule has 1 aliphatic rings. The van der Waals surface area contributed by atoms with Gasteiger partial charge in [-0.2, -0.15) is 4.31 Å². The Bertz CT molecular complexity index is 667. The lowest BCUT2D eigenvalue weighted by molar-refractivity contribution is -0.144. The first kappa shape index (κ1) is 16.4. The quantitative estimate of drug-likeness (QED) is 0.735. The maximum Gasteiger partial charge on any atom is 0.324 e. The fraction of sp³-hybridized carbons (Fsp3) is 0.429. The number of Topliss-reactive ketones (excluding diaryl/α,β-unsaturated/α-hetero) is 1. The van der Waals surface area contributed by atoms with Gasteiger partial charge in [-0.25, -0.2) is 8.42 Å². The first-order valence-electron chi connectivity index (χ1n) is 6.74. The summed E-state index contributed by atoms with van der Waals surface area (Å²) in [5, 5.41) is 0. The van der Waals surface area contributed by atoms with Crippen LogP contribution in [0.5, 0.6) is 5.75 Å². The zero-order chi connectivity index (χ0) is 16.3. The van der Waals surface area contributed by atoms with Gasteiger partial charge in [0, 0.05) is 6.42 Å². The second-order valence-corrected chi connectivity index (χ2v) is 6.63. The van der Waals surface area contributed by atoms with Gasteiger partial charge in [0.05, 0.1) is 25.2 Å². The average Bonchev–Trinajstić information content (AvgIpc) is 2.90. The smallest absolute Gasteiger partial charge is 0.324 e. The van der Waals surface area contributed by atoms with Crippen molar-refractivity contribution >= 4 is 21.8 Å². The van der Waals surface area contributed by atoms with Crippen molar-refractivity contribution in [3.05, 3.63) is 24.3 Å². The summed E-state index contributed by atoms with van der Waals surface area (Å²) >= 11 is 0. The van der Waals surface area contributed by atoms with Gasteiger partial charge >= 0.3 is 5.97 Å². The van der Waals surface area contributed by atoms with Gasteiger partial charge in [0.1, 0.15) is 17.6 Å². The van der Waals surface area contributed by atoms with Gasteiger partial charge in [-0.3, -0.25) is 9.59 Å². The molecule has 2 rings (SSSR count). The number of methoxy groups -OCH3 is 1. The van der Waals surface area contributed by atoms with E-state index in [0.717, 1.165) is 11.4 Å². The van der Waals surface area contributed by atoms with Gasteiger partial charge < -0.3 is 9.47 Å². The Labute approximate surface area is 128 Å². The largest absolute Gasteiger partial charge is 0.494 e. The van der Waals surface area contributed by atoms with Crippen LogP contribution in [0.1, 0.15) is 13.3 Å². The molecule has 0 N–H and O–H groups in total. The molecule has 0 bridgehead atoms. The number of benzene rings is 1. The molecule has 8 heteroatoms. The average molecular weight is 327 g/mol. The summed E-state index contributed by atoms with van der Waals surface area (Å²) in [5.41, 5.74) is 0. The van der Waals surface area contributed by atoms with Gasteiger partial charge in [0.2, 0.25) is 10.0 Å². The van der Waals surface area contributed by atoms with E-state index in [1.54, 1.807) is 0 Å². The van der Waals surface area contributed by atoms with Crippen LogP contribution in [-0.2, 0) is 24.3 Å². The first-order valence-corrected chi connectivity index (χ1v) is 8.18. The molecule has 22 heavy (non-hydrogen) atoms. The molecular formula is C14H17NO6S. The molecule has 1 aromatic carbocycles. The fourth-order valence-electron chi connectivity index (χ4n) is 2.27. The maximum atomic E-state index is 12.6. The standard InChI is InChI=1S/C14H17NO6S/c1-3-21-11-4-6-12(7-5-11)22(18,19)15-9-10(16)8-13(15)14(17)20-2/h4-7,13H,3,8-9H2,1-2H3/t13-/m1/s1. The van der Waals surface area contributed by atoms with Crippen molar-refractivity contribution < 1.29 is 27.5 Å². The summed E-state index contributed by atoms with van der Waals surface area (Å²) in [4.78, 5) is 23.3. The Morgan fingerprint density at radius 1 is 1.32 bits per heavy atom. The lowest BCUT2D eigenvalue weighted by Gasteiger charge is -2.21. The third-order valence-electron chi connectivity index (χ3n) is 3.32. The molecule has 0 radical (unpaired) electrons. The van der Waals surface area contributed by atoms with E-state index in [9.17, 15) is 18.0 Å². The summed E-state index contributed by atoms with van der Waals surface area (Å²) in [7, 11) is -2.79. The highest BCUT2D eigenvalue weighted by molar-refractivity contribution is 7.89. The number of rotatable bonds is 5. The third-order valence-corrected chi connectivity index (χ3v) is 5.18. The Hall–Kier alpha value is -1.93. The highest BCUT2D eigenvalue weighted by Gasteiger charge is 2.44. The van der Waals surface area contributed by atoms with Crippen molar-refractivity contribution in [1.82, 2.24) is 4.31 Å². The topological polar surface area (TPSA) is 90.0 Å². The second-order valence-electron chi connectivity index (χ2n) is 4.74. The summed E-state index contributed by atoms with van der Waals surface area (Å²) in [6.07, 6.45) is -0.164. The number of esters is 1. The van der Waals surface area contributed by atoms with Gasteiger partial charge in [-0.15, -0.1) is 0 Å². The monoisotopic (exact) mass is 327 g/mol. The number of hydrogen-bond acceptors (Lipinski definition) is 6. The number of nitrogens with zero attached hydrogens (tertiary/aromatic N) is 1. The van der Waals surface area contributed by atoms with Gasteiger partial charge in [0.15, 0.2) is 0 Å². The number of sulfonamides is 1. The van der Waals surface area contributed by atoms with Crippen LogP contribution in [-0.4, -0.2) is 50.8 Å². The van der Waals surface area contributed by atoms with Gasteiger partial charge in [0.25, 0.3) is 0 Å². The lowest BCUT2D eigenvalue weighted by atomic mass is 10.2. The number of ether oxygens (including phenoxy) is 2. The molecule has 1 aromatic rings. The number of ketones is 1. The summed E-state index contributed by atoms with van der Waals surface area (Å²) in [6, 6.07) is 4.73. The maximum absolute atomic E-state index is 12.6. The molecular weight excluding hydrogens is 310 g/mol. The van der Waals surface area contributed by atoms with Crippen molar-refractivity contribution in [2.24, 2.45) is 0 Å². The van der Waals surface area contributed by atoms with Crippen LogP contribution in [0.2, 0.25) is 0 Å². The van der Waals surface area contributed by atoms with Crippen molar-refractivity contribution in [1.29, 1.82) is 0 Å². The van der Waals surface area contributed by atoms with Gasteiger partial charge in [-0.1, -0.05) is 0 Å². The van der Waals surface area contributed by atoms with E-state index in [2.05, 4.69) is 4.74 Å². The second kappa shape index (κ2) is 6.45. The predicted octanol–water partition coefficient (Wildman–Crippen LogP) is 0.590. The minimum absolute atomic E-state index is 0.000411. The normalized spacial score (nSPS) is 19.2. The zero-order valence-electron chi connectivity index (χ0n) is 12.3. The van der Waals surface area contributed by atoms with Crippen LogP contribution < -0.4 is 4.74 Å². The molecule has 0 saturated carbocycles. The number of hydrogen-bond donors (Lipinski definition) is 0. The van der Waals surface area contributed by atoms with E-state index in [4.69, 9.17) is 4.74 Å². The highest BCUT2D eigenvalue weighted by Crippen LogP contribution is 2.26. The van der Waals surface area contributed by atoms with Crippen molar-refractivity contribution in [2.75, 3.05) is 20.3 Å². The molecule has 0 amide bonds. The van der Waals surface area contributed by atoms with E-state index >= 15 is 0 Å². The predicted molar refractivity (Wildman–Crippen MR) is 76.9 cm³/mol. The number of carbonyl (C=O) groups excluding carboxylic acids is 2. The Morgan fingerprint density at radius 3 is 2.50 bits per heavy atom. The molecule has 1 atom stereocenters. The minimum atomic E-state index is -3.95. The third kappa shape index (κ3) is 3.12. The molecule has 120 valence electrons. The Balaban J connectivity index is 2.32. The highest BCUT2D eigenvalue weighted by atomic mass is 32.2. The Kier molecular flexibility index (Phi) is 4.82. The molecule has 0 spiro atoms. The van der Waals surface area contributed by atoms with Crippen LogP contribution in [0.4, 0.5) is 0 Å². The van der Waals surface area contributed by atoms with E-state index in [1.165, 1.54) is 24.3 Å². The van der Waals surface area contributed by atoms with Crippen LogP contribution in [0.25, 0.3) is 0 Å². The van der Waals surface area contributed by atoms with Crippen molar-refractivity contribution in [3.8, 4) is 5.75 Å². The van der Waals surface area contributed by atoms with Gasteiger partial charge in [-0.05, 0) is 31.2 Å². The molecule has 1 heterocycles.